The minimum Gasteiger partial charge on any atom is -0.393 e. The summed E-state index contributed by atoms with van der Waals surface area (Å²) in [6.07, 6.45) is 9.25. The summed E-state index contributed by atoms with van der Waals surface area (Å²) in [7, 11) is 0. The maximum atomic E-state index is 12.1. The van der Waals surface area contributed by atoms with E-state index in [2.05, 4.69) is 25.8 Å². The Balaban J connectivity index is 1.43. The van der Waals surface area contributed by atoms with E-state index in [0.29, 0.717) is 23.8 Å². The lowest BCUT2D eigenvalue weighted by Crippen LogP contribution is -2.31. The SMILES string of the molecule is O=C(NCCCC1CCCCC1O)Nc1cn[nH]c1-c1ccccn1. The average molecular weight is 343 g/mol. The first-order valence-corrected chi connectivity index (χ1v) is 8.91. The second kappa shape index (κ2) is 8.62. The van der Waals surface area contributed by atoms with Crippen LogP contribution in [0.2, 0.25) is 0 Å². The first kappa shape index (κ1) is 17.4. The van der Waals surface area contributed by atoms with Gasteiger partial charge in [-0.3, -0.25) is 10.1 Å². The fraction of sp³-hybridized carbons (Fsp3) is 0.500. The molecule has 0 aliphatic heterocycles. The van der Waals surface area contributed by atoms with Crippen LogP contribution in [-0.4, -0.2) is 39.0 Å². The fourth-order valence-electron chi connectivity index (χ4n) is 3.34. The number of aromatic amines is 1. The second-order valence-corrected chi connectivity index (χ2v) is 6.51. The average Bonchev–Trinajstić information content (AvgIpc) is 3.09. The van der Waals surface area contributed by atoms with Crippen LogP contribution in [0.3, 0.4) is 0 Å². The number of hydrogen-bond donors (Lipinski definition) is 4. The van der Waals surface area contributed by atoms with Gasteiger partial charge in [0, 0.05) is 12.7 Å². The Morgan fingerprint density at radius 3 is 3.00 bits per heavy atom. The van der Waals surface area contributed by atoms with Crippen molar-refractivity contribution < 1.29 is 9.90 Å². The van der Waals surface area contributed by atoms with Crippen molar-refractivity contribution in [3.8, 4) is 11.4 Å². The van der Waals surface area contributed by atoms with Gasteiger partial charge in [0.05, 0.1) is 23.7 Å². The van der Waals surface area contributed by atoms with E-state index in [4.69, 9.17) is 0 Å². The minimum absolute atomic E-state index is 0.172. The Morgan fingerprint density at radius 2 is 2.20 bits per heavy atom. The number of hydrogen-bond acceptors (Lipinski definition) is 4. The summed E-state index contributed by atoms with van der Waals surface area (Å²) in [5.41, 5.74) is 2.00. The Morgan fingerprint density at radius 1 is 1.32 bits per heavy atom. The number of pyridine rings is 1. The van der Waals surface area contributed by atoms with Crippen molar-refractivity contribution in [2.75, 3.05) is 11.9 Å². The van der Waals surface area contributed by atoms with Gasteiger partial charge in [0.2, 0.25) is 0 Å². The van der Waals surface area contributed by atoms with Crippen LogP contribution in [0.5, 0.6) is 0 Å². The number of rotatable bonds is 6. The number of carbonyl (C=O) groups excluding carboxylic acids is 1. The number of aliphatic hydroxyl groups is 1. The number of amides is 2. The number of H-pyrrole nitrogens is 1. The lowest BCUT2D eigenvalue weighted by Gasteiger charge is -2.27. The lowest BCUT2D eigenvalue weighted by atomic mass is 9.83. The van der Waals surface area contributed by atoms with Crippen LogP contribution < -0.4 is 10.6 Å². The van der Waals surface area contributed by atoms with Gasteiger partial charge in [-0.2, -0.15) is 5.10 Å². The number of carbonyl (C=O) groups is 1. The van der Waals surface area contributed by atoms with Crippen LogP contribution in [0.4, 0.5) is 10.5 Å². The molecule has 134 valence electrons. The Hall–Kier alpha value is -2.41. The van der Waals surface area contributed by atoms with Gasteiger partial charge in [0.25, 0.3) is 0 Å². The molecule has 1 aliphatic carbocycles. The molecule has 0 radical (unpaired) electrons. The summed E-state index contributed by atoms with van der Waals surface area (Å²) < 4.78 is 0. The Labute approximate surface area is 147 Å². The number of urea groups is 1. The third kappa shape index (κ3) is 4.79. The molecular formula is C18H25N5O2. The summed E-state index contributed by atoms with van der Waals surface area (Å²) in [5.74, 6) is 0.378. The predicted octanol–water partition coefficient (Wildman–Crippen LogP) is 2.92. The molecule has 25 heavy (non-hydrogen) atoms. The van der Waals surface area contributed by atoms with E-state index in [-0.39, 0.29) is 12.1 Å². The zero-order valence-corrected chi connectivity index (χ0v) is 14.2. The standard InChI is InChI=1S/C18H25N5O2/c24-16-9-2-1-6-13(16)7-5-11-20-18(25)22-15-12-21-23-17(15)14-8-3-4-10-19-14/h3-4,8,10,12-13,16,24H,1-2,5-7,9,11H2,(H,21,23)(H2,20,22,25). The van der Waals surface area contributed by atoms with Gasteiger partial charge in [0.1, 0.15) is 5.69 Å². The number of aliphatic hydroxyl groups excluding tert-OH is 1. The zero-order chi connectivity index (χ0) is 17.5. The van der Waals surface area contributed by atoms with Gasteiger partial charge < -0.3 is 15.7 Å². The van der Waals surface area contributed by atoms with Gasteiger partial charge in [-0.1, -0.05) is 18.9 Å². The van der Waals surface area contributed by atoms with Crippen LogP contribution >= 0.6 is 0 Å². The van der Waals surface area contributed by atoms with E-state index in [1.807, 2.05) is 18.2 Å². The van der Waals surface area contributed by atoms with Gasteiger partial charge in [-0.05, 0) is 43.7 Å². The predicted molar refractivity (Wildman–Crippen MR) is 96.0 cm³/mol. The molecule has 1 saturated carbocycles. The molecule has 1 fully saturated rings. The van der Waals surface area contributed by atoms with Crippen molar-refractivity contribution in [2.24, 2.45) is 5.92 Å². The van der Waals surface area contributed by atoms with Gasteiger partial charge >= 0.3 is 6.03 Å². The van der Waals surface area contributed by atoms with E-state index in [1.165, 1.54) is 6.42 Å². The lowest BCUT2D eigenvalue weighted by molar-refractivity contribution is 0.0644. The molecule has 4 N–H and O–H groups in total. The Kier molecular flexibility index (Phi) is 6.00. The highest BCUT2D eigenvalue weighted by atomic mass is 16.3. The molecule has 0 bridgehead atoms. The third-order valence-electron chi connectivity index (χ3n) is 4.71. The monoisotopic (exact) mass is 343 g/mol. The summed E-state index contributed by atoms with van der Waals surface area (Å²) in [5, 5.41) is 22.5. The molecule has 2 unspecified atom stereocenters. The highest BCUT2D eigenvalue weighted by molar-refractivity contribution is 5.92. The van der Waals surface area contributed by atoms with Crippen LogP contribution in [-0.2, 0) is 0 Å². The normalized spacial score (nSPS) is 20.2. The molecule has 0 saturated heterocycles. The second-order valence-electron chi connectivity index (χ2n) is 6.51. The Bertz CT molecular complexity index is 673. The maximum Gasteiger partial charge on any atom is 0.319 e. The van der Waals surface area contributed by atoms with Gasteiger partial charge in [-0.15, -0.1) is 0 Å². The first-order chi connectivity index (χ1) is 12.2. The first-order valence-electron chi connectivity index (χ1n) is 8.91. The van der Waals surface area contributed by atoms with Gasteiger partial charge in [-0.25, -0.2) is 4.79 Å². The van der Waals surface area contributed by atoms with Crippen molar-refractivity contribution >= 4 is 11.7 Å². The zero-order valence-electron chi connectivity index (χ0n) is 14.2. The molecule has 2 atom stereocenters. The molecule has 0 aromatic carbocycles. The summed E-state index contributed by atoms with van der Waals surface area (Å²) in [6, 6.07) is 5.31. The van der Waals surface area contributed by atoms with E-state index >= 15 is 0 Å². The number of nitrogens with one attached hydrogen (secondary N) is 3. The fourth-order valence-corrected chi connectivity index (χ4v) is 3.34. The highest BCUT2D eigenvalue weighted by Crippen LogP contribution is 2.27. The summed E-state index contributed by atoms with van der Waals surface area (Å²) in [4.78, 5) is 16.3. The molecule has 2 aromatic heterocycles. The van der Waals surface area contributed by atoms with Crippen LogP contribution in [0.25, 0.3) is 11.4 Å². The maximum absolute atomic E-state index is 12.1. The van der Waals surface area contributed by atoms with Crippen LogP contribution in [0.1, 0.15) is 38.5 Å². The molecule has 3 rings (SSSR count). The van der Waals surface area contributed by atoms with E-state index < -0.39 is 0 Å². The molecule has 7 nitrogen and oxygen atoms in total. The quantitative estimate of drug-likeness (QED) is 0.606. The van der Waals surface area contributed by atoms with Crippen molar-refractivity contribution in [3.63, 3.8) is 0 Å². The number of anilines is 1. The van der Waals surface area contributed by atoms with Crippen molar-refractivity contribution in [3.05, 3.63) is 30.6 Å². The van der Waals surface area contributed by atoms with Gasteiger partial charge in [0.15, 0.2) is 0 Å². The minimum atomic E-state index is -0.261. The van der Waals surface area contributed by atoms with Crippen molar-refractivity contribution in [1.82, 2.24) is 20.5 Å². The molecule has 7 heteroatoms. The largest absolute Gasteiger partial charge is 0.393 e. The molecule has 2 amide bonds. The highest BCUT2D eigenvalue weighted by Gasteiger charge is 2.22. The molecule has 0 spiro atoms. The summed E-state index contributed by atoms with van der Waals surface area (Å²) >= 11 is 0. The molecule has 2 heterocycles. The molecule has 1 aliphatic rings. The molecule has 2 aromatic rings. The van der Waals surface area contributed by atoms with E-state index in [1.54, 1.807) is 12.4 Å². The molecular weight excluding hydrogens is 318 g/mol. The van der Waals surface area contributed by atoms with E-state index in [0.717, 1.165) is 37.8 Å². The topological polar surface area (TPSA) is 103 Å². The third-order valence-corrected chi connectivity index (χ3v) is 4.71. The van der Waals surface area contributed by atoms with Crippen molar-refractivity contribution in [2.45, 2.75) is 44.6 Å². The van der Waals surface area contributed by atoms with E-state index in [9.17, 15) is 9.90 Å². The number of nitrogens with zero attached hydrogens (tertiary/aromatic N) is 2. The van der Waals surface area contributed by atoms with Crippen LogP contribution in [0.15, 0.2) is 30.6 Å². The number of aromatic nitrogens is 3. The van der Waals surface area contributed by atoms with Crippen LogP contribution in [0, 0.1) is 5.92 Å². The summed E-state index contributed by atoms with van der Waals surface area (Å²) in [6.45, 7) is 0.589. The van der Waals surface area contributed by atoms with Crippen molar-refractivity contribution in [1.29, 1.82) is 0 Å². The smallest absolute Gasteiger partial charge is 0.319 e.